The van der Waals surface area contributed by atoms with Crippen molar-refractivity contribution < 1.29 is 14.3 Å². The molecule has 0 unspecified atom stereocenters. The van der Waals surface area contributed by atoms with Crippen molar-refractivity contribution in [3.8, 4) is 22.3 Å². The Labute approximate surface area is 256 Å². The molecule has 1 fully saturated rings. The van der Waals surface area contributed by atoms with Gasteiger partial charge in [-0.3, -0.25) is 14.3 Å². The number of fused-ring (bicyclic) bond motifs is 1. The topological polar surface area (TPSA) is 156 Å². The first kappa shape index (κ1) is 28.1. The largest absolute Gasteiger partial charge is 0.383 e. The third-order valence-corrected chi connectivity index (χ3v) is 7.55. The number of nitrogens with one attached hydrogen (secondary N) is 1. The van der Waals surface area contributed by atoms with E-state index in [1.165, 1.54) is 12.5 Å². The zero-order valence-electron chi connectivity index (χ0n) is 24.1. The van der Waals surface area contributed by atoms with Gasteiger partial charge in [0.2, 0.25) is 5.78 Å². The van der Waals surface area contributed by atoms with Crippen LogP contribution in [-0.4, -0.2) is 65.8 Å². The third kappa shape index (κ3) is 5.94. The van der Waals surface area contributed by atoms with Crippen molar-refractivity contribution in [2.45, 2.75) is 19.2 Å². The lowest BCUT2D eigenvalue weighted by Gasteiger charge is -2.22. The van der Waals surface area contributed by atoms with Crippen LogP contribution in [0.15, 0.2) is 96.6 Å². The zero-order chi connectivity index (χ0) is 30.8. The monoisotopic (exact) mass is 603 g/mol. The summed E-state index contributed by atoms with van der Waals surface area (Å²) >= 11 is 0. The molecule has 0 saturated carbocycles. The van der Waals surface area contributed by atoms with E-state index < -0.39 is 11.5 Å². The van der Waals surface area contributed by atoms with Crippen molar-refractivity contribution in [1.29, 1.82) is 0 Å². The van der Waals surface area contributed by atoms with Crippen molar-refractivity contribution in [2.75, 3.05) is 30.9 Å². The van der Waals surface area contributed by atoms with Crippen LogP contribution in [0, 0.1) is 0 Å². The van der Waals surface area contributed by atoms with E-state index in [-0.39, 0.29) is 11.7 Å². The van der Waals surface area contributed by atoms with Crippen LogP contribution in [0.4, 0.5) is 11.5 Å². The van der Waals surface area contributed by atoms with Gasteiger partial charge in [-0.25, -0.2) is 4.98 Å². The molecule has 7 rings (SSSR count). The fraction of sp³-hybridized carbons (Fsp3) is 0.188. The Balaban J connectivity index is 1.09. The lowest BCUT2D eigenvalue weighted by Crippen LogP contribution is -2.32. The van der Waals surface area contributed by atoms with E-state index >= 15 is 0 Å². The number of rotatable bonds is 8. The Morgan fingerprint density at radius 3 is 2.60 bits per heavy atom. The molecule has 0 bridgehead atoms. The molecule has 6 aromatic rings. The van der Waals surface area contributed by atoms with Gasteiger partial charge in [0.05, 0.1) is 39.1 Å². The van der Waals surface area contributed by atoms with Gasteiger partial charge in [0.1, 0.15) is 23.8 Å². The summed E-state index contributed by atoms with van der Waals surface area (Å²) in [4.78, 5) is 35.0. The van der Waals surface area contributed by atoms with Crippen LogP contribution in [0.1, 0.15) is 15.9 Å². The number of nitrogens with two attached hydrogens (primary N) is 1. The highest BCUT2D eigenvalue weighted by atomic mass is 16.6. The van der Waals surface area contributed by atoms with Crippen molar-refractivity contribution in [1.82, 2.24) is 33.9 Å². The molecular weight excluding hydrogens is 574 g/mol. The molecule has 226 valence electrons. The maximum atomic E-state index is 13.3. The Bertz CT molecular complexity index is 2030. The van der Waals surface area contributed by atoms with E-state index in [1.54, 1.807) is 29.1 Å². The van der Waals surface area contributed by atoms with Crippen molar-refractivity contribution >= 4 is 23.2 Å². The van der Waals surface area contributed by atoms with E-state index in [4.69, 9.17) is 15.2 Å². The molecule has 0 aliphatic carbocycles. The second kappa shape index (κ2) is 12.1. The number of pyridine rings is 1. The van der Waals surface area contributed by atoms with Gasteiger partial charge in [0.15, 0.2) is 0 Å². The fourth-order valence-electron chi connectivity index (χ4n) is 5.27. The van der Waals surface area contributed by atoms with Gasteiger partial charge in [-0.05, 0) is 29.3 Å². The number of amides is 1. The van der Waals surface area contributed by atoms with Crippen molar-refractivity contribution in [3.63, 3.8) is 0 Å². The summed E-state index contributed by atoms with van der Waals surface area (Å²) < 4.78 is 15.9. The number of benzene rings is 2. The lowest BCUT2D eigenvalue weighted by molar-refractivity contribution is -0.0946. The summed E-state index contributed by atoms with van der Waals surface area (Å²) in [5.41, 5.74) is 10.5. The Morgan fingerprint density at radius 2 is 1.80 bits per heavy atom. The minimum atomic E-state index is -0.558. The van der Waals surface area contributed by atoms with Crippen LogP contribution in [0.5, 0.6) is 0 Å². The highest BCUT2D eigenvalue weighted by Crippen LogP contribution is 2.30. The maximum Gasteiger partial charge on any atom is 0.288 e. The third-order valence-electron chi connectivity index (χ3n) is 7.55. The first-order chi connectivity index (χ1) is 22.0. The summed E-state index contributed by atoms with van der Waals surface area (Å²) in [6, 6.07) is 18.8. The average Bonchev–Trinajstić information content (AvgIpc) is 3.75. The Hall–Kier alpha value is -5.66. The molecule has 1 aliphatic rings. The molecule has 1 aliphatic heterocycles. The summed E-state index contributed by atoms with van der Waals surface area (Å²) in [5.74, 6) is 0.159. The maximum absolute atomic E-state index is 13.3. The molecule has 0 spiro atoms. The number of nitrogens with zero attached hydrogens (tertiary/aromatic N) is 7. The van der Waals surface area contributed by atoms with Crippen molar-refractivity contribution in [3.05, 3.63) is 113 Å². The smallest absolute Gasteiger partial charge is 0.288 e. The van der Waals surface area contributed by atoms with Crippen LogP contribution >= 0.6 is 0 Å². The number of hydrogen-bond donors (Lipinski definition) is 2. The average molecular weight is 604 g/mol. The van der Waals surface area contributed by atoms with Gasteiger partial charge in [-0.1, -0.05) is 42.5 Å². The molecule has 1 amide bonds. The van der Waals surface area contributed by atoms with E-state index in [9.17, 15) is 9.59 Å². The first-order valence-corrected chi connectivity index (χ1v) is 14.4. The molecular formula is C32H29N9O4. The summed E-state index contributed by atoms with van der Waals surface area (Å²) in [5, 5.41) is 11.3. The minimum absolute atomic E-state index is 0.0357. The van der Waals surface area contributed by atoms with Crippen LogP contribution in [-0.2, 0) is 22.6 Å². The van der Waals surface area contributed by atoms with Crippen LogP contribution in [0.25, 0.3) is 28.0 Å². The summed E-state index contributed by atoms with van der Waals surface area (Å²) in [6.07, 6.45) is 8.21. The zero-order valence-corrected chi connectivity index (χ0v) is 24.1. The van der Waals surface area contributed by atoms with E-state index in [0.29, 0.717) is 50.2 Å². The second-order valence-electron chi connectivity index (χ2n) is 10.6. The van der Waals surface area contributed by atoms with Gasteiger partial charge in [-0.15, -0.1) is 0 Å². The minimum Gasteiger partial charge on any atom is -0.383 e. The number of hydrogen-bond acceptors (Lipinski definition) is 9. The molecule has 0 radical (unpaired) electrons. The van der Waals surface area contributed by atoms with Crippen LogP contribution < -0.4 is 16.6 Å². The van der Waals surface area contributed by atoms with Crippen LogP contribution in [0.2, 0.25) is 0 Å². The predicted octanol–water partition coefficient (Wildman–Crippen LogP) is 3.11. The van der Waals surface area contributed by atoms with Gasteiger partial charge < -0.3 is 25.1 Å². The highest BCUT2D eigenvalue weighted by Gasteiger charge is 2.19. The number of nitrogen functional groups attached to an aromatic ring is 1. The number of carbonyl (C=O) groups excluding carboxylic acids is 1. The Kier molecular flexibility index (Phi) is 7.59. The second-order valence-corrected chi connectivity index (χ2v) is 10.6. The number of ether oxygens (including phenoxy) is 2. The standard InChI is InChI=1S/C32H29N9O4/c33-29-27(12-23(13-34-29)24-14-36-40(16-24)17-26-19-44-10-11-45-26)22-6-8-25(9-7-22)38-30(42)28-18-39(15-21-4-2-1-3-5-21)32-35-20-37-41(32)31(28)43/h1-9,12-14,16,18,20,26H,10-11,15,17,19H2,(H2,33,34)(H,38,42)/t26-/m0/s1. The molecule has 3 N–H and O–H groups in total. The van der Waals surface area contributed by atoms with Gasteiger partial charge in [-0.2, -0.15) is 19.7 Å². The number of carbonyl (C=O) groups is 1. The Morgan fingerprint density at radius 1 is 0.956 bits per heavy atom. The molecule has 1 atom stereocenters. The first-order valence-electron chi connectivity index (χ1n) is 14.4. The lowest BCUT2D eigenvalue weighted by atomic mass is 10.0. The molecule has 4 aromatic heterocycles. The van der Waals surface area contributed by atoms with Crippen LogP contribution in [0.3, 0.4) is 0 Å². The van der Waals surface area contributed by atoms with Gasteiger partial charge in [0.25, 0.3) is 11.5 Å². The fourth-order valence-corrected chi connectivity index (χ4v) is 5.27. The molecule has 45 heavy (non-hydrogen) atoms. The van der Waals surface area contributed by atoms with E-state index in [2.05, 4.69) is 25.5 Å². The predicted molar refractivity (Wildman–Crippen MR) is 167 cm³/mol. The summed E-state index contributed by atoms with van der Waals surface area (Å²) in [7, 11) is 0. The highest BCUT2D eigenvalue weighted by molar-refractivity contribution is 6.04. The van der Waals surface area contributed by atoms with Gasteiger partial charge in [0, 0.05) is 41.0 Å². The molecule has 13 nitrogen and oxygen atoms in total. The van der Waals surface area contributed by atoms with E-state index in [0.717, 1.165) is 32.3 Å². The SMILES string of the molecule is Nc1ncc(-c2cnn(C[C@H]3COCCO3)c2)cc1-c1ccc(NC(=O)c2cn(Cc3ccccc3)c3ncnn3c2=O)cc1. The molecule has 13 heteroatoms. The van der Waals surface area contributed by atoms with Crippen molar-refractivity contribution in [2.24, 2.45) is 0 Å². The molecule has 1 saturated heterocycles. The molecule has 5 heterocycles. The van der Waals surface area contributed by atoms with E-state index in [1.807, 2.05) is 59.4 Å². The quantitative estimate of drug-likeness (QED) is 0.267. The normalized spacial score (nSPS) is 14.9. The summed E-state index contributed by atoms with van der Waals surface area (Å²) in [6.45, 7) is 2.75. The number of aromatic nitrogens is 7. The van der Waals surface area contributed by atoms with Gasteiger partial charge >= 0.3 is 0 Å². The number of anilines is 2. The molecule has 2 aromatic carbocycles.